The van der Waals surface area contributed by atoms with E-state index in [2.05, 4.69) is 4.98 Å². The first-order valence-corrected chi connectivity index (χ1v) is 7.65. The van der Waals surface area contributed by atoms with Crippen molar-refractivity contribution in [3.05, 3.63) is 24.5 Å². The number of aromatic nitrogens is 1. The second-order valence-corrected chi connectivity index (χ2v) is 5.80. The summed E-state index contributed by atoms with van der Waals surface area (Å²) in [5.41, 5.74) is 0. The first-order chi connectivity index (χ1) is 9.31. The number of carbonyl (C=O) groups is 1. The maximum Gasteiger partial charge on any atom is 0.312 e. The molecule has 4 nitrogen and oxygen atoms in total. The van der Waals surface area contributed by atoms with Crippen LogP contribution in [0.15, 0.2) is 24.5 Å². The number of rotatable bonds is 5. The summed E-state index contributed by atoms with van der Waals surface area (Å²) in [6.07, 6.45) is 5.47. The monoisotopic (exact) mass is 281 g/mol. The molecule has 104 valence electrons. The van der Waals surface area contributed by atoms with Gasteiger partial charge in [-0.1, -0.05) is 0 Å². The first kappa shape index (κ1) is 14.2. The van der Waals surface area contributed by atoms with Gasteiger partial charge in [0.15, 0.2) is 0 Å². The summed E-state index contributed by atoms with van der Waals surface area (Å²) in [6, 6.07) is 3.66. The molecule has 0 radical (unpaired) electrons. The van der Waals surface area contributed by atoms with Crippen molar-refractivity contribution in [3.63, 3.8) is 0 Å². The van der Waals surface area contributed by atoms with Gasteiger partial charge in [0.25, 0.3) is 0 Å². The number of esters is 1. The molecule has 0 aromatic carbocycles. The van der Waals surface area contributed by atoms with Gasteiger partial charge in [0.2, 0.25) is 0 Å². The van der Waals surface area contributed by atoms with Crippen molar-refractivity contribution in [2.45, 2.75) is 12.8 Å². The van der Waals surface area contributed by atoms with E-state index in [1.54, 1.807) is 12.4 Å². The Morgan fingerprint density at radius 1 is 1.53 bits per heavy atom. The van der Waals surface area contributed by atoms with E-state index in [-0.39, 0.29) is 11.9 Å². The van der Waals surface area contributed by atoms with Crippen molar-refractivity contribution in [1.82, 2.24) is 4.98 Å². The van der Waals surface area contributed by atoms with Gasteiger partial charge in [0, 0.05) is 6.20 Å². The van der Waals surface area contributed by atoms with Crippen LogP contribution in [0.1, 0.15) is 12.8 Å². The minimum Gasteiger partial charge on any atom is -0.491 e. The number of hydrogen-bond acceptors (Lipinski definition) is 5. The summed E-state index contributed by atoms with van der Waals surface area (Å²) in [5.74, 6) is 2.95. The van der Waals surface area contributed by atoms with Crippen molar-refractivity contribution in [2.75, 3.05) is 25.2 Å². The largest absolute Gasteiger partial charge is 0.491 e. The quantitative estimate of drug-likeness (QED) is 0.776. The fourth-order valence-corrected chi connectivity index (χ4v) is 3.43. The van der Waals surface area contributed by atoms with E-state index >= 15 is 0 Å². The van der Waals surface area contributed by atoms with Gasteiger partial charge in [0.1, 0.15) is 12.4 Å². The minimum absolute atomic E-state index is 0.166. The Morgan fingerprint density at radius 3 is 2.95 bits per heavy atom. The maximum atomic E-state index is 11.9. The highest BCUT2D eigenvalue weighted by molar-refractivity contribution is 7.99. The van der Waals surface area contributed by atoms with Gasteiger partial charge in [-0.2, -0.15) is 11.8 Å². The third kappa shape index (κ3) is 4.13. The average Bonchev–Trinajstić information content (AvgIpc) is 2.49. The van der Waals surface area contributed by atoms with E-state index < -0.39 is 0 Å². The molecule has 1 saturated heterocycles. The molecule has 1 aliphatic rings. The zero-order valence-electron chi connectivity index (χ0n) is 11.1. The zero-order chi connectivity index (χ0) is 13.5. The van der Waals surface area contributed by atoms with Crippen LogP contribution in [0.2, 0.25) is 0 Å². The van der Waals surface area contributed by atoms with Crippen LogP contribution in [0.25, 0.3) is 0 Å². The second kappa shape index (κ2) is 7.38. The van der Waals surface area contributed by atoms with Gasteiger partial charge < -0.3 is 9.47 Å². The van der Waals surface area contributed by atoms with Gasteiger partial charge in [-0.15, -0.1) is 0 Å². The highest BCUT2D eigenvalue weighted by atomic mass is 32.2. The molecule has 0 amide bonds. The van der Waals surface area contributed by atoms with Crippen LogP contribution in [0, 0.1) is 11.8 Å². The van der Waals surface area contributed by atoms with Crippen LogP contribution in [0.4, 0.5) is 0 Å². The Balaban J connectivity index is 1.95. The molecule has 1 aromatic heterocycles. The number of nitrogens with zero attached hydrogens (tertiary/aromatic N) is 1. The maximum absolute atomic E-state index is 11.9. The van der Waals surface area contributed by atoms with Gasteiger partial charge in [0.05, 0.1) is 19.2 Å². The zero-order valence-corrected chi connectivity index (χ0v) is 11.9. The number of thioether (sulfide) groups is 1. The molecule has 1 atom stereocenters. The molecule has 0 aliphatic carbocycles. The molecular formula is C14H19NO3S. The molecule has 0 saturated carbocycles. The lowest BCUT2D eigenvalue weighted by Crippen LogP contribution is -2.32. The summed E-state index contributed by atoms with van der Waals surface area (Å²) in [6.45, 7) is 0.369. The predicted octanol–water partition coefficient (Wildman–Crippen LogP) is 2.39. The van der Waals surface area contributed by atoms with Crippen LogP contribution in [0.5, 0.6) is 5.75 Å². The Hall–Kier alpha value is -1.23. The molecule has 5 heteroatoms. The highest BCUT2D eigenvalue weighted by Gasteiger charge is 2.31. The lowest BCUT2D eigenvalue weighted by atomic mass is 9.88. The van der Waals surface area contributed by atoms with E-state index in [1.807, 2.05) is 23.9 Å². The lowest BCUT2D eigenvalue weighted by Gasteiger charge is -2.28. The number of hydrogen-bond donors (Lipinski definition) is 0. The third-order valence-electron chi connectivity index (χ3n) is 3.40. The van der Waals surface area contributed by atoms with Crippen molar-refractivity contribution in [2.24, 2.45) is 11.8 Å². The smallest absolute Gasteiger partial charge is 0.312 e. The van der Waals surface area contributed by atoms with Crippen molar-refractivity contribution in [1.29, 1.82) is 0 Å². The van der Waals surface area contributed by atoms with Gasteiger partial charge in [-0.05, 0) is 42.4 Å². The number of carbonyl (C=O) groups excluding carboxylic acids is 1. The Labute approximate surface area is 117 Å². The van der Waals surface area contributed by atoms with E-state index in [4.69, 9.17) is 9.47 Å². The summed E-state index contributed by atoms with van der Waals surface area (Å²) in [7, 11) is 1.44. The fourth-order valence-electron chi connectivity index (χ4n) is 2.28. The SMILES string of the molecule is COC(=O)C(COc1cccnc1)C1CCSCC1. The molecule has 2 heterocycles. The Morgan fingerprint density at radius 2 is 2.32 bits per heavy atom. The fraction of sp³-hybridized carbons (Fsp3) is 0.571. The second-order valence-electron chi connectivity index (χ2n) is 4.58. The van der Waals surface area contributed by atoms with Crippen LogP contribution >= 0.6 is 11.8 Å². The number of pyridine rings is 1. The molecule has 0 spiro atoms. The van der Waals surface area contributed by atoms with Crippen molar-refractivity contribution < 1.29 is 14.3 Å². The topological polar surface area (TPSA) is 48.4 Å². The van der Waals surface area contributed by atoms with Crippen LogP contribution < -0.4 is 4.74 Å². The van der Waals surface area contributed by atoms with Crippen LogP contribution in [0.3, 0.4) is 0 Å². The van der Waals surface area contributed by atoms with E-state index in [0.717, 1.165) is 24.3 Å². The minimum atomic E-state index is -0.175. The lowest BCUT2D eigenvalue weighted by molar-refractivity contribution is -0.148. The van der Waals surface area contributed by atoms with E-state index in [0.29, 0.717) is 18.3 Å². The molecule has 1 aromatic rings. The molecule has 1 fully saturated rings. The number of methoxy groups -OCH3 is 1. The van der Waals surface area contributed by atoms with Crippen LogP contribution in [-0.2, 0) is 9.53 Å². The molecular weight excluding hydrogens is 262 g/mol. The molecule has 1 unspecified atom stereocenters. The predicted molar refractivity (Wildman–Crippen MR) is 75.3 cm³/mol. The standard InChI is InChI=1S/C14H19NO3S/c1-17-14(16)13(11-4-7-19-8-5-11)10-18-12-3-2-6-15-9-12/h2-3,6,9,11,13H,4-5,7-8,10H2,1H3. The van der Waals surface area contributed by atoms with Crippen LogP contribution in [-0.4, -0.2) is 36.2 Å². The van der Waals surface area contributed by atoms with Gasteiger partial charge >= 0.3 is 5.97 Å². The molecule has 1 aliphatic heterocycles. The van der Waals surface area contributed by atoms with Crippen molar-refractivity contribution >= 4 is 17.7 Å². The molecule has 19 heavy (non-hydrogen) atoms. The van der Waals surface area contributed by atoms with E-state index in [1.165, 1.54) is 7.11 Å². The molecule has 0 N–H and O–H groups in total. The average molecular weight is 281 g/mol. The first-order valence-electron chi connectivity index (χ1n) is 6.49. The van der Waals surface area contributed by atoms with Crippen molar-refractivity contribution in [3.8, 4) is 5.75 Å². The Kier molecular flexibility index (Phi) is 5.51. The van der Waals surface area contributed by atoms with E-state index in [9.17, 15) is 4.79 Å². The molecule has 2 rings (SSSR count). The van der Waals surface area contributed by atoms with Gasteiger partial charge in [-0.3, -0.25) is 9.78 Å². The third-order valence-corrected chi connectivity index (χ3v) is 4.45. The van der Waals surface area contributed by atoms with Gasteiger partial charge in [-0.25, -0.2) is 0 Å². The number of ether oxygens (including phenoxy) is 2. The Bertz CT molecular complexity index is 393. The normalized spacial score (nSPS) is 17.7. The summed E-state index contributed by atoms with van der Waals surface area (Å²) >= 11 is 1.95. The summed E-state index contributed by atoms with van der Waals surface area (Å²) in [4.78, 5) is 15.9. The molecule has 0 bridgehead atoms. The summed E-state index contributed by atoms with van der Waals surface area (Å²) < 4.78 is 10.6. The summed E-state index contributed by atoms with van der Waals surface area (Å²) in [5, 5.41) is 0. The highest BCUT2D eigenvalue weighted by Crippen LogP contribution is 2.30.